The minimum Gasteiger partial charge on any atom is -0.397 e. The number of anilines is 3. The molecule has 0 fully saturated rings. The first-order valence-corrected chi connectivity index (χ1v) is 10.2. The average Bonchev–Trinajstić information content (AvgIpc) is 3.05. The highest BCUT2D eigenvalue weighted by Crippen LogP contribution is 2.44. The van der Waals surface area contributed by atoms with Crippen LogP contribution >= 0.6 is 34.5 Å². The van der Waals surface area contributed by atoms with Gasteiger partial charge in [0.05, 0.1) is 5.69 Å². The van der Waals surface area contributed by atoms with Gasteiger partial charge in [-0.3, -0.25) is 4.79 Å². The Morgan fingerprint density at radius 3 is 2.47 bits per heavy atom. The van der Waals surface area contributed by atoms with E-state index in [0.29, 0.717) is 37.1 Å². The molecule has 0 unspecified atom stereocenters. The summed E-state index contributed by atoms with van der Waals surface area (Å²) in [6.45, 7) is 0. The number of aromatic nitrogens is 1. The number of amides is 1. The Hall–Kier alpha value is -3.31. The highest BCUT2D eigenvalue weighted by molar-refractivity contribution is 7.21. The van der Waals surface area contributed by atoms with Crippen molar-refractivity contribution in [3.8, 4) is 17.2 Å². The lowest BCUT2D eigenvalue weighted by Gasteiger charge is -2.11. The number of rotatable bonds is 3. The Labute approximate surface area is 185 Å². The summed E-state index contributed by atoms with van der Waals surface area (Å²) in [4.78, 5) is 17.9. The molecule has 0 aliphatic rings. The molecule has 0 radical (unpaired) electrons. The topological polar surface area (TPSA) is 118 Å². The van der Waals surface area contributed by atoms with Gasteiger partial charge in [-0.15, -0.1) is 11.3 Å². The lowest BCUT2D eigenvalue weighted by molar-refractivity contribution is 0.103. The van der Waals surface area contributed by atoms with Gasteiger partial charge in [0, 0.05) is 32.2 Å². The van der Waals surface area contributed by atoms with Crippen molar-refractivity contribution in [2.24, 2.45) is 0 Å². The summed E-state index contributed by atoms with van der Waals surface area (Å²) in [5, 5.41) is 13.9. The number of thiophene rings is 1. The molecule has 2 aromatic carbocycles. The molecule has 0 bridgehead atoms. The molecule has 0 aliphatic heterocycles. The standard InChI is InChI=1S/C21H13Cl2N5OS/c22-10-5-7-11(8-6-10)27-20(29)18-17(25)16-15(12-3-1-2-4-14(12)23)13(9-24)19(26)28-21(16)30-18/h1-8H,25H2,(H2,26,28)(H,27,29). The van der Waals surface area contributed by atoms with Crippen LogP contribution in [0.5, 0.6) is 0 Å². The van der Waals surface area contributed by atoms with Gasteiger partial charge >= 0.3 is 0 Å². The zero-order valence-electron chi connectivity index (χ0n) is 15.2. The maximum Gasteiger partial charge on any atom is 0.267 e. The van der Waals surface area contributed by atoms with Crippen LogP contribution in [0.25, 0.3) is 21.3 Å². The van der Waals surface area contributed by atoms with Gasteiger partial charge in [-0.1, -0.05) is 41.4 Å². The molecule has 6 nitrogen and oxygen atoms in total. The summed E-state index contributed by atoms with van der Waals surface area (Å²) in [5.74, 6) is -0.356. The van der Waals surface area contributed by atoms with Gasteiger partial charge in [0.2, 0.25) is 0 Å². The normalized spacial score (nSPS) is 10.7. The van der Waals surface area contributed by atoms with Crippen LogP contribution in [0.3, 0.4) is 0 Å². The first-order chi connectivity index (χ1) is 14.4. The van der Waals surface area contributed by atoms with Crippen molar-refractivity contribution < 1.29 is 4.79 Å². The molecule has 4 aromatic rings. The molecule has 5 N–H and O–H groups in total. The predicted octanol–water partition coefficient (Wildman–Crippen LogP) is 5.56. The van der Waals surface area contributed by atoms with Crippen molar-refractivity contribution in [3.05, 3.63) is 69.0 Å². The molecular formula is C21H13Cl2N5OS. The van der Waals surface area contributed by atoms with Crippen molar-refractivity contribution in [1.82, 2.24) is 4.98 Å². The molecule has 148 valence electrons. The molecule has 2 aromatic heterocycles. The zero-order valence-corrected chi connectivity index (χ0v) is 17.6. The number of benzene rings is 2. The first-order valence-electron chi connectivity index (χ1n) is 8.64. The van der Waals surface area contributed by atoms with Gasteiger partial charge in [-0.25, -0.2) is 4.98 Å². The fraction of sp³-hybridized carbons (Fsp3) is 0. The number of nitrogens with one attached hydrogen (secondary N) is 1. The van der Waals surface area contributed by atoms with E-state index in [1.807, 2.05) is 0 Å². The molecule has 4 rings (SSSR count). The monoisotopic (exact) mass is 453 g/mol. The summed E-state index contributed by atoms with van der Waals surface area (Å²) in [6, 6.07) is 15.8. The lowest BCUT2D eigenvalue weighted by atomic mass is 9.97. The third-order valence-electron chi connectivity index (χ3n) is 4.47. The van der Waals surface area contributed by atoms with E-state index in [0.717, 1.165) is 11.3 Å². The summed E-state index contributed by atoms with van der Waals surface area (Å²) in [6.07, 6.45) is 0. The van der Waals surface area contributed by atoms with Gasteiger partial charge in [0.15, 0.2) is 0 Å². The molecule has 0 aliphatic carbocycles. The van der Waals surface area contributed by atoms with Gasteiger partial charge in [-0.05, 0) is 30.3 Å². The van der Waals surface area contributed by atoms with Crippen molar-refractivity contribution in [3.63, 3.8) is 0 Å². The molecule has 1 amide bonds. The zero-order chi connectivity index (χ0) is 21.4. The number of nitrogens with two attached hydrogens (primary N) is 2. The Kier molecular flexibility index (Phi) is 5.22. The Morgan fingerprint density at radius 2 is 1.80 bits per heavy atom. The van der Waals surface area contributed by atoms with Crippen LogP contribution in [0.1, 0.15) is 15.2 Å². The summed E-state index contributed by atoms with van der Waals surface area (Å²) in [7, 11) is 0. The largest absolute Gasteiger partial charge is 0.397 e. The Bertz CT molecular complexity index is 1340. The molecular weight excluding hydrogens is 441 g/mol. The number of pyridine rings is 1. The van der Waals surface area contributed by atoms with Crippen LogP contribution in [0, 0.1) is 11.3 Å². The molecule has 9 heteroatoms. The second kappa shape index (κ2) is 7.84. The number of hydrogen-bond donors (Lipinski definition) is 3. The van der Waals surface area contributed by atoms with Crippen LogP contribution < -0.4 is 16.8 Å². The predicted molar refractivity (Wildman–Crippen MR) is 123 cm³/mol. The SMILES string of the molecule is N#Cc1c(N)nc2sc(C(=O)Nc3ccc(Cl)cc3)c(N)c2c1-c1ccccc1Cl. The van der Waals surface area contributed by atoms with E-state index >= 15 is 0 Å². The van der Waals surface area contributed by atoms with Crippen LogP contribution in [-0.2, 0) is 0 Å². The molecule has 2 heterocycles. The summed E-state index contributed by atoms with van der Waals surface area (Å²) in [5.41, 5.74) is 14.4. The summed E-state index contributed by atoms with van der Waals surface area (Å²) < 4.78 is 0. The van der Waals surface area contributed by atoms with E-state index in [4.69, 9.17) is 34.7 Å². The van der Waals surface area contributed by atoms with Gasteiger partial charge in [-0.2, -0.15) is 5.26 Å². The fourth-order valence-corrected chi connectivity index (χ4v) is 4.47. The van der Waals surface area contributed by atoms with Crippen molar-refractivity contribution in [2.45, 2.75) is 0 Å². The molecule has 0 atom stereocenters. The lowest BCUT2D eigenvalue weighted by Crippen LogP contribution is -2.11. The van der Waals surface area contributed by atoms with Crippen LogP contribution in [0.4, 0.5) is 17.2 Å². The maximum atomic E-state index is 12.9. The Morgan fingerprint density at radius 1 is 1.10 bits per heavy atom. The van der Waals surface area contributed by atoms with Crippen molar-refractivity contribution in [1.29, 1.82) is 5.26 Å². The van der Waals surface area contributed by atoms with E-state index < -0.39 is 5.91 Å². The minimum absolute atomic E-state index is 0.0471. The van der Waals surface area contributed by atoms with E-state index in [1.54, 1.807) is 48.5 Å². The average molecular weight is 454 g/mol. The smallest absolute Gasteiger partial charge is 0.267 e. The second-order valence-electron chi connectivity index (χ2n) is 6.32. The minimum atomic E-state index is -0.403. The molecule has 0 saturated carbocycles. The highest BCUT2D eigenvalue weighted by Gasteiger charge is 2.25. The van der Waals surface area contributed by atoms with Crippen LogP contribution in [0.15, 0.2) is 48.5 Å². The number of nitrogens with zero attached hydrogens (tertiary/aromatic N) is 2. The summed E-state index contributed by atoms with van der Waals surface area (Å²) >= 11 is 13.4. The van der Waals surface area contributed by atoms with Crippen LogP contribution in [-0.4, -0.2) is 10.9 Å². The fourth-order valence-electron chi connectivity index (χ4n) is 3.11. The van der Waals surface area contributed by atoms with Gasteiger partial charge < -0.3 is 16.8 Å². The third kappa shape index (κ3) is 3.42. The third-order valence-corrected chi connectivity index (χ3v) is 6.15. The number of hydrogen-bond acceptors (Lipinski definition) is 6. The van der Waals surface area contributed by atoms with E-state index in [-0.39, 0.29) is 21.9 Å². The molecule has 30 heavy (non-hydrogen) atoms. The number of nitrogen functional groups attached to an aromatic ring is 2. The quantitative estimate of drug-likeness (QED) is 0.375. The number of carbonyl (C=O) groups excluding carboxylic acids is 1. The van der Waals surface area contributed by atoms with E-state index in [9.17, 15) is 10.1 Å². The molecule has 0 saturated heterocycles. The van der Waals surface area contributed by atoms with Gasteiger partial charge in [0.25, 0.3) is 5.91 Å². The van der Waals surface area contributed by atoms with Crippen LogP contribution in [0.2, 0.25) is 10.0 Å². The second-order valence-corrected chi connectivity index (χ2v) is 8.17. The highest BCUT2D eigenvalue weighted by atomic mass is 35.5. The Balaban J connectivity index is 1.91. The number of fused-ring (bicyclic) bond motifs is 1. The maximum absolute atomic E-state index is 12.9. The van der Waals surface area contributed by atoms with Crippen molar-refractivity contribution >= 4 is 67.9 Å². The molecule has 0 spiro atoms. The number of carbonyl (C=O) groups is 1. The van der Waals surface area contributed by atoms with E-state index in [2.05, 4.69) is 16.4 Å². The number of halogens is 2. The van der Waals surface area contributed by atoms with Gasteiger partial charge in [0.1, 0.15) is 27.2 Å². The first kappa shape index (κ1) is 20.0. The van der Waals surface area contributed by atoms with Crippen molar-refractivity contribution in [2.75, 3.05) is 16.8 Å². The number of nitriles is 1. The van der Waals surface area contributed by atoms with E-state index in [1.165, 1.54) is 0 Å².